The van der Waals surface area contributed by atoms with Crippen LogP contribution in [0.3, 0.4) is 0 Å². The van der Waals surface area contributed by atoms with Gasteiger partial charge >= 0.3 is 6.16 Å². The Morgan fingerprint density at radius 2 is 2.11 bits per heavy atom. The molecule has 1 aliphatic rings. The van der Waals surface area contributed by atoms with E-state index in [2.05, 4.69) is 17.0 Å². The largest absolute Gasteiger partial charge is 0.513 e. The topological polar surface area (TPSA) is 38.8 Å². The van der Waals surface area contributed by atoms with E-state index in [-0.39, 0.29) is 0 Å². The number of carbonyl (C=O) groups excluding carboxylic acids is 1. The number of ether oxygens (including phenoxy) is 2. The molecule has 1 heterocycles. The van der Waals surface area contributed by atoms with Gasteiger partial charge < -0.3 is 9.47 Å². The fourth-order valence-electron chi connectivity index (χ4n) is 1.87. The van der Waals surface area contributed by atoms with Gasteiger partial charge in [-0.05, 0) is 18.6 Å². The lowest BCUT2D eigenvalue weighted by molar-refractivity contribution is 0.0787. The molecule has 0 saturated heterocycles. The molecule has 4 heteroatoms. The summed E-state index contributed by atoms with van der Waals surface area (Å²) in [5, 5.41) is 0. The Hall–Kier alpha value is -1.81. The van der Waals surface area contributed by atoms with Gasteiger partial charge in [0.25, 0.3) is 0 Å². The number of rotatable bonds is 4. The van der Waals surface area contributed by atoms with Crippen LogP contribution in [0.15, 0.2) is 42.2 Å². The molecule has 18 heavy (non-hydrogen) atoms. The van der Waals surface area contributed by atoms with Crippen LogP contribution >= 0.6 is 0 Å². The van der Waals surface area contributed by atoms with Gasteiger partial charge in [0.15, 0.2) is 0 Å². The molecule has 96 valence electrons. The molecule has 0 amide bonds. The summed E-state index contributed by atoms with van der Waals surface area (Å²) in [7, 11) is 0. The van der Waals surface area contributed by atoms with Gasteiger partial charge in [0, 0.05) is 13.1 Å². The van der Waals surface area contributed by atoms with Crippen LogP contribution in [0.5, 0.6) is 0 Å². The fourth-order valence-corrected chi connectivity index (χ4v) is 1.87. The predicted molar refractivity (Wildman–Crippen MR) is 67.9 cm³/mol. The number of hydrogen-bond acceptors (Lipinski definition) is 4. The maximum absolute atomic E-state index is 11.2. The smallest absolute Gasteiger partial charge is 0.434 e. The highest BCUT2D eigenvalue weighted by Crippen LogP contribution is 2.14. The third-order valence-corrected chi connectivity index (χ3v) is 2.68. The minimum absolute atomic E-state index is 0.333. The van der Waals surface area contributed by atoms with Crippen molar-refractivity contribution in [1.82, 2.24) is 4.90 Å². The van der Waals surface area contributed by atoms with Gasteiger partial charge in [-0.2, -0.15) is 0 Å². The Bertz CT molecular complexity index is 428. The second-order valence-electron chi connectivity index (χ2n) is 4.11. The first-order chi connectivity index (χ1) is 8.78. The Kier molecular flexibility index (Phi) is 4.36. The average Bonchev–Trinajstić information content (AvgIpc) is 2.78. The zero-order valence-electron chi connectivity index (χ0n) is 10.5. The lowest BCUT2D eigenvalue weighted by Gasteiger charge is -2.15. The van der Waals surface area contributed by atoms with Gasteiger partial charge in [-0.3, -0.25) is 4.90 Å². The summed E-state index contributed by atoms with van der Waals surface area (Å²) in [6.07, 6.45) is 1.30. The predicted octanol–water partition coefficient (Wildman–Crippen LogP) is 2.56. The minimum Gasteiger partial charge on any atom is -0.434 e. The van der Waals surface area contributed by atoms with Crippen LogP contribution in [0.25, 0.3) is 0 Å². The Morgan fingerprint density at radius 1 is 1.33 bits per heavy atom. The van der Waals surface area contributed by atoms with Crippen LogP contribution < -0.4 is 0 Å². The zero-order chi connectivity index (χ0) is 12.8. The highest BCUT2D eigenvalue weighted by atomic mass is 16.7. The standard InChI is InChI=1S/C14H17NO3/c1-2-17-14(16)18-13-8-9-15(11-13)10-12-6-4-3-5-7-12/h3-8H,2,9-11H2,1H3. The molecule has 2 rings (SSSR count). The molecule has 0 radical (unpaired) electrons. The molecule has 0 saturated carbocycles. The minimum atomic E-state index is -0.620. The van der Waals surface area contributed by atoms with E-state index in [1.54, 1.807) is 6.92 Å². The molecule has 0 bridgehead atoms. The van der Waals surface area contributed by atoms with Gasteiger partial charge in [-0.25, -0.2) is 4.79 Å². The second-order valence-corrected chi connectivity index (χ2v) is 4.11. The van der Waals surface area contributed by atoms with Crippen molar-refractivity contribution in [2.75, 3.05) is 19.7 Å². The Labute approximate surface area is 107 Å². The van der Waals surface area contributed by atoms with Crippen molar-refractivity contribution >= 4 is 6.16 Å². The lowest BCUT2D eigenvalue weighted by atomic mass is 10.2. The Morgan fingerprint density at radius 3 is 2.83 bits per heavy atom. The molecule has 0 fully saturated rings. The van der Waals surface area contributed by atoms with Crippen molar-refractivity contribution < 1.29 is 14.3 Å². The van der Waals surface area contributed by atoms with Gasteiger partial charge in [-0.15, -0.1) is 0 Å². The van der Waals surface area contributed by atoms with Gasteiger partial charge in [-0.1, -0.05) is 30.3 Å². The van der Waals surface area contributed by atoms with Crippen molar-refractivity contribution in [3.63, 3.8) is 0 Å². The summed E-state index contributed by atoms with van der Waals surface area (Å²) in [4.78, 5) is 13.4. The normalized spacial score (nSPS) is 15.3. The lowest BCUT2D eigenvalue weighted by Crippen LogP contribution is -2.21. The molecule has 1 aromatic carbocycles. The monoisotopic (exact) mass is 247 g/mol. The molecule has 1 aliphatic heterocycles. The molecular formula is C14H17NO3. The molecule has 0 unspecified atom stereocenters. The summed E-state index contributed by atoms with van der Waals surface area (Å²) in [6, 6.07) is 10.2. The first kappa shape index (κ1) is 12.6. The number of nitrogens with zero attached hydrogens (tertiary/aromatic N) is 1. The SMILES string of the molecule is CCOC(=O)OC1=CCN(Cc2ccccc2)C1. The van der Waals surface area contributed by atoms with E-state index in [1.165, 1.54) is 5.56 Å². The highest BCUT2D eigenvalue weighted by molar-refractivity contribution is 5.61. The van der Waals surface area contributed by atoms with E-state index < -0.39 is 6.16 Å². The van der Waals surface area contributed by atoms with Crippen LogP contribution in [-0.2, 0) is 16.0 Å². The molecule has 0 atom stereocenters. The van der Waals surface area contributed by atoms with Crippen molar-refractivity contribution in [2.45, 2.75) is 13.5 Å². The highest BCUT2D eigenvalue weighted by Gasteiger charge is 2.18. The van der Waals surface area contributed by atoms with Crippen LogP contribution in [0.4, 0.5) is 4.79 Å². The summed E-state index contributed by atoms with van der Waals surface area (Å²) < 4.78 is 9.81. The quantitative estimate of drug-likeness (QED) is 0.766. The second kappa shape index (κ2) is 6.21. The summed E-state index contributed by atoms with van der Waals surface area (Å²) in [5.74, 6) is 0.671. The molecule has 0 N–H and O–H groups in total. The van der Waals surface area contributed by atoms with Gasteiger partial charge in [0.1, 0.15) is 5.76 Å². The fraction of sp³-hybridized carbons (Fsp3) is 0.357. The van der Waals surface area contributed by atoms with E-state index in [0.29, 0.717) is 18.9 Å². The first-order valence-electron chi connectivity index (χ1n) is 6.08. The molecule has 0 aliphatic carbocycles. The maximum Gasteiger partial charge on any atom is 0.513 e. The van der Waals surface area contributed by atoms with E-state index >= 15 is 0 Å². The van der Waals surface area contributed by atoms with Gasteiger partial charge in [0.05, 0.1) is 13.2 Å². The van der Waals surface area contributed by atoms with E-state index in [0.717, 1.165) is 13.1 Å². The molecule has 4 nitrogen and oxygen atoms in total. The number of benzene rings is 1. The van der Waals surface area contributed by atoms with E-state index in [9.17, 15) is 4.79 Å². The van der Waals surface area contributed by atoms with Crippen molar-refractivity contribution in [3.8, 4) is 0 Å². The third kappa shape index (κ3) is 3.60. The average molecular weight is 247 g/mol. The molecule has 0 spiro atoms. The van der Waals surface area contributed by atoms with Crippen molar-refractivity contribution in [1.29, 1.82) is 0 Å². The summed E-state index contributed by atoms with van der Waals surface area (Å²) in [6.45, 7) is 4.39. The van der Waals surface area contributed by atoms with E-state index in [1.807, 2.05) is 24.3 Å². The third-order valence-electron chi connectivity index (χ3n) is 2.68. The Balaban J connectivity index is 1.79. The van der Waals surface area contributed by atoms with E-state index in [4.69, 9.17) is 9.47 Å². The zero-order valence-corrected chi connectivity index (χ0v) is 10.5. The van der Waals surface area contributed by atoms with Gasteiger partial charge in [0.2, 0.25) is 0 Å². The molecule has 0 aromatic heterocycles. The molecule has 1 aromatic rings. The first-order valence-corrected chi connectivity index (χ1v) is 6.08. The van der Waals surface area contributed by atoms with Crippen molar-refractivity contribution in [2.24, 2.45) is 0 Å². The van der Waals surface area contributed by atoms with Crippen molar-refractivity contribution in [3.05, 3.63) is 47.7 Å². The summed E-state index contributed by atoms with van der Waals surface area (Å²) in [5.41, 5.74) is 1.25. The molecular weight excluding hydrogens is 230 g/mol. The maximum atomic E-state index is 11.2. The number of carbonyl (C=O) groups is 1. The van der Waals surface area contributed by atoms with Crippen LogP contribution in [-0.4, -0.2) is 30.8 Å². The van der Waals surface area contributed by atoms with Crippen LogP contribution in [0.1, 0.15) is 12.5 Å². The van der Waals surface area contributed by atoms with Crippen LogP contribution in [0.2, 0.25) is 0 Å². The summed E-state index contributed by atoms with van der Waals surface area (Å²) >= 11 is 0. The van der Waals surface area contributed by atoms with Crippen LogP contribution in [0, 0.1) is 0 Å². The number of hydrogen-bond donors (Lipinski definition) is 0.